The van der Waals surface area contributed by atoms with Crippen molar-refractivity contribution in [3.05, 3.63) is 101 Å². The number of carbonyl (C=O) groups is 2. The molecule has 8 nitrogen and oxygen atoms in total. The highest BCUT2D eigenvalue weighted by Gasteiger charge is 2.43. The molecule has 1 aliphatic carbocycles. The molecule has 4 aromatic rings. The number of aromatic nitrogens is 3. The van der Waals surface area contributed by atoms with Gasteiger partial charge in [0.25, 0.3) is 5.91 Å². The van der Waals surface area contributed by atoms with Gasteiger partial charge in [-0.25, -0.2) is 14.5 Å². The van der Waals surface area contributed by atoms with Crippen molar-refractivity contribution in [3.8, 4) is 16.8 Å². The van der Waals surface area contributed by atoms with Crippen LogP contribution in [0.4, 0.5) is 4.79 Å². The Morgan fingerprint density at radius 2 is 1.36 bits per heavy atom. The molecule has 0 bridgehead atoms. The van der Waals surface area contributed by atoms with Crippen LogP contribution in [-0.4, -0.2) is 50.4 Å². The van der Waals surface area contributed by atoms with E-state index >= 15 is 0 Å². The van der Waals surface area contributed by atoms with Crippen LogP contribution in [0.25, 0.3) is 16.8 Å². The lowest BCUT2D eigenvalue weighted by molar-refractivity contribution is 0.0277. The van der Waals surface area contributed by atoms with E-state index in [0.717, 1.165) is 31.6 Å². The minimum atomic E-state index is -0.635. The number of rotatable bonds is 7. The highest BCUT2D eigenvalue weighted by molar-refractivity contribution is 5.88. The maximum Gasteiger partial charge on any atom is 0.410 e. The fourth-order valence-electron chi connectivity index (χ4n) is 6.78. The molecule has 6 rings (SSSR count). The molecule has 3 aromatic carbocycles. The minimum Gasteiger partial charge on any atom is -0.444 e. The number of aryl methyl sites for hydroxylation is 1. The third-order valence-corrected chi connectivity index (χ3v) is 8.84. The van der Waals surface area contributed by atoms with Crippen molar-refractivity contribution in [2.75, 3.05) is 13.1 Å². The Labute approximate surface area is 259 Å². The molecule has 8 heteroatoms. The number of hydrogen-bond donors (Lipinski definition) is 1. The summed E-state index contributed by atoms with van der Waals surface area (Å²) in [5, 5.41) is 4.21. The summed E-state index contributed by atoms with van der Waals surface area (Å²) in [4.78, 5) is 29.9. The van der Waals surface area contributed by atoms with Gasteiger partial charge in [-0.15, -0.1) is 5.10 Å². The van der Waals surface area contributed by atoms with E-state index in [4.69, 9.17) is 10.5 Å². The molecule has 1 saturated carbocycles. The largest absolute Gasteiger partial charge is 0.444 e. The molecule has 0 spiro atoms. The van der Waals surface area contributed by atoms with Crippen LogP contribution in [0, 0.1) is 24.7 Å². The maximum absolute atomic E-state index is 12.5. The smallest absolute Gasteiger partial charge is 0.410 e. The summed E-state index contributed by atoms with van der Waals surface area (Å²) in [6.45, 7) is 9.23. The molecule has 2 N–H and O–H groups in total. The van der Waals surface area contributed by atoms with Gasteiger partial charge in [0, 0.05) is 13.1 Å². The third kappa shape index (κ3) is 6.69. The van der Waals surface area contributed by atoms with Gasteiger partial charge in [-0.1, -0.05) is 60.7 Å². The van der Waals surface area contributed by atoms with Crippen LogP contribution in [-0.2, 0) is 17.6 Å². The zero-order chi connectivity index (χ0) is 31.0. The van der Waals surface area contributed by atoms with E-state index in [2.05, 4.69) is 70.7 Å². The van der Waals surface area contributed by atoms with Crippen LogP contribution in [0.3, 0.4) is 0 Å². The number of primary amides is 1. The van der Waals surface area contributed by atoms with Crippen LogP contribution in [0.5, 0.6) is 0 Å². The predicted octanol–water partition coefficient (Wildman–Crippen LogP) is 6.37. The number of likely N-dealkylation sites (tertiary alicyclic amines) is 1. The topological polar surface area (TPSA) is 103 Å². The van der Waals surface area contributed by atoms with Crippen LogP contribution >= 0.6 is 0 Å². The Hall–Kier alpha value is -4.46. The Bertz CT molecular complexity index is 1620. The maximum atomic E-state index is 12.5. The van der Waals surface area contributed by atoms with Crippen LogP contribution in [0.15, 0.2) is 72.8 Å². The van der Waals surface area contributed by atoms with E-state index < -0.39 is 11.5 Å². The first kappa shape index (κ1) is 29.6. The molecule has 2 unspecified atom stereocenters. The quantitative estimate of drug-likeness (QED) is 0.269. The summed E-state index contributed by atoms with van der Waals surface area (Å²) in [5.74, 6) is 1.87. The van der Waals surface area contributed by atoms with Crippen molar-refractivity contribution in [3.63, 3.8) is 0 Å². The second-order valence-electron chi connectivity index (χ2n) is 13.4. The van der Waals surface area contributed by atoms with Crippen molar-refractivity contribution in [1.82, 2.24) is 19.7 Å². The van der Waals surface area contributed by atoms with E-state index in [0.29, 0.717) is 23.6 Å². The Kier molecular flexibility index (Phi) is 8.01. The highest BCUT2D eigenvalue weighted by Crippen LogP contribution is 2.43. The monoisotopic (exact) mass is 591 g/mol. The lowest BCUT2D eigenvalue weighted by Gasteiger charge is -2.25. The third-order valence-electron chi connectivity index (χ3n) is 8.84. The van der Waals surface area contributed by atoms with E-state index in [1.165, 1.54) is 40.7 Å². The SMILES string of the molecule is Cc1nc(C(N)=O)nn1-c1ccc(Cc2ccc(-c3ccc(CC4CC5CN(C(=O)OC(C)(C)C)CC5C4)cc3)cc2)cc1. The van der Waals surface area contributed by atoms with E-state index in [-0.39, 0.29) is 11.9 Å². The number of hydrogen-bond acceptors (Lipinski definition) is 5. The van der Waals surface area contributed by atoms with Gasteiger partial charge in [0.2, 0.25) is 5.82 Å². The van der Waals surface area contributed by atoms with Gasteiger partial charge in [-0.05, 0) is 111 Å². The van der Waals surface area contributed by atoms with Gasteiger partial charge in [-0.3, -0.25) is 4.79 Å². The average Bonchev–Trinajstić information content (AvgIpc) is 3.67. The molecule has 228 valence electrons. The number of nitrogens with two attached hydrogens (primary N) is 1. The number of carbonyl (C=O) groups excluding carboxylic acids is 2. The summed E-state index contributed by atoms with van der Waals surface area (Å²) in [7, 11) is 0. The van der Waals surface area contributed by atoms with Crippen molar-refractivity contribution in [2.45, 2.75) is 59.0 Å². The van der Waals surface area contributed by atoms with Crippen LogP contribution < -0.4 is 5.73 Å². The molecule has 44 heavy (non-hydrogen) atoms. The highest BCUT2D eigenvalue weighted by atomic mass is 16.6. The Morgan fingerprint density at radius 3 is 1.86 bits per heavy atom. The van der Waals surface area contributed by atoms with Gasteiger partial charge >= 0.3 is 6.09 Å². The first-order chi connectivity index (χ1) is 21.0. The minimum absolute atomic E-state index is 0.0202. The fraction of sp³-hybridized carbons (Fsp3) is 0.389. The molecule has 1 aliphatic heterocycles. The molecular weight excluding hydrogens is 550 g/mol. The summed E-state index contributed by atoms with van der Waals surface area (Å²) in [5.41, 5.74) is 12.0. The summed E-state index contributed by atoms with van der Waals surface area (Å²) < 4.78 is 7.22. The zero-order valence-electron chi connectivity index (χ0n) is 26.0. The van der Waals surface area contributed by atoms with Gasteiger partial charge in [-0.2, -0.15) is 0 Å². The number of amides is 2. The molecule has 2 atom stereocenters. The Balaban J connectivity index is 1.01. The Morgan fingerprint density at radius 1 is 0.841 bits per heavy atom. The lowest BCUT2D eigenvalue weighted by Crippen LogP contribution is -2.36. The molecule has 1 saturated heterocycles. The zero-order valence-corrected chi connectivity index (χ0v) is 26.0. The molecule has 0 radical (unpaired) electrons. The first-order valence-electron chi connectivity index (χ1n) is 15.5. The normalized spacial score (nSPS) is 19.6. The summed E-state index contributed by atoms with van der Waals surface area (Å²) >= 11 is 0. The van der Waals surface area contributed by atoms with Crippen LogP contribution in [0.1, 0.15) is 66.7 Å². The molecule has 2 fully saturated rings. The molecule has 2 amide bonds. The van der Waals surface area contributed by atoms with Gasteiger partial charge in [0.05, 0.1) is 5.69 Å². The first-order valence-corrected chi connectivity index (χ1v) is 15.5. The number of benzene rings is 3. The van der Waals surface area contributed by atoms with Gasteiger partial charge in [0.1, 0.15) is 11.4 Å². The number of fused-ring (bicyclic) bond motifs is 1. The second kappa shape index (κ2) is 11.9. The van der Waals surface area contributed by atoms with Crippen molar-refractivity contribution < 1.29 is 14.3 Å². The molecular formula is C36H41N5O3. The molecule has 2 heterocycles. The number of ether oxygens (including phenoxy) is 1. The van der Waals surface area contributed by atoms with Gasteiger partial charge < -0.3 is 15.4 Å². The van der Waals surface area contributed by atoms with E-state index in [1.54, 1.807) is 11.6 Å². The van der Waals surface area contributed by atoms with Gasteiger partial charge in [0.15, 0.2) is 0 Å². The summed E-state index contributed by atoms with van der Waals surface area (Å²) in [6.07, 6.45) is 4.13. The second-order valence-corrected chi connectivity index (χ2v) is 13.4. The molecule has 1 aromatic heterocycles. The number of nitrogens with zero attached hydrogens (tertiary/aromatic N) is 4. The van der Waals surface area contributed by atoms with Crippen molar-refractivity contribution >= 4 is 12.0 Å². The van der Waals surface area contributed by atoms with Crippen molar-refractivity contribution in [1.29, 1.82) is 0 Å². The lowest BCUT2D eigenvalue weighted by atomic mass is 9.94. The van der Waals surface area contributed by atoms with Crippen molar-refractivity contribution in [2.24, 2.45) is 23.5 Å². The van der Waals surface area contributed by atoms with E-state index in [1.807, 2.05) is 37.8 Å². The summed E-state index contributed by atoms with van der Waals surface area (Å²) in [6, 6.07) is 25.9. The average molecular weight is 592 g/mol. The molecule has 2 aliphatic rings. The predicted molar refractivity (Wildman–Crippen MR) is 171 cm³/mol. The van der Waals surface area contributed by atoms with E-state index in [9.17, 15) is 9.59 Å². The standard InChI is InChI=1S/C36H41N5O3/c1-23-38-34(33(37)42)39-41(23)32-15-9-26(10-16-32)17-24-5-11-28(12-6-24)29-13-7-25(8-14-29)18-27-19-30-21-40(22-31(30)20-27)35(43)44-36(2,3)4/h5-16,27,30-31H,17-22H2,1-4H3,(H2,37,42). The fourth-order valence-corrected chi connectivity index (χ4v) is 6.78. The van der Waals surface area contributed by atoms with Crippen LogP contribution in [0.2, 0.25) is 0 Å².